The summed E-state index contributed by atoms with van der Waals surface area (Å²) >= 11 is 0. The molecule has 2 saturated carbocycles. The van der Waals surface area contributed by atoms with Crippen molar-refractivity contribution in [3.63, 3.8) is 0 Å². The molecule has 1 atom stereocenters. The third kappa shape index (κ3) is 7.49. The van der Waals surface area contributed by atoms with E-state index < -0.39 is 0 Å². The van der Waals surface area contributed by atoms with Crippen molar-refractivity contribution >= 4 is 0 Å². The smallest absolute Gasteiger partial charge is 0.310 e. The number of rotatable bonds is 4. The predicted molar refractivity (Wildman–Crippen MR) is 84.7 cm³/mol. The van der Waals surface area contributed by atoms with E-state index in [4.69, 9.17) is 0 Å². The summed E-state index contributed by atoms with van der Waals surface area (Å²) in [6.07, 6.45) is 18.5. The van der Waals surface area contributed by atoms with E-state index >= 15 is 0 Å². The van der Waals surface area contributed by atoms with Gasteiger partial charge in [-0.1, -0.05) is 30.3 Å². The van der Waals surface area contributed by atoms with Crippen LogP contribution < -0.4 is 5.32 Å². The van der Waals surface area contributed by atoms with Crippen molar-refractivity contribution in [3.05, 3.63) is 99.6 Å². The van der Waals surface area contributed by atoms with E-state index in [0.29, 0.717) is 6.04 Å². The normalized spacial score (nSPS) is 19.5. The maximum absolute atomic E-state index is 3.50. The second kappa shape index (κ2) is 11.3. The topological polar surface area (TPSA) is 12.0 Å². The van der Waals surface area contributed by atoms with Gasteiger partial charge in [-0.15, -0.1) is 0 Å². The SMILES string of the molecule is C[C@@H](NCc1ccccc1)[C]1[CH][CH][CH][CH]1.[CH]1[CH][CH][CH][CH]1.[Fe+2]. The quantitative estimate of drug-likeness (QED) is 0.837. The van der Waals surface area contributed by atoms with Gasteiger partial charge < -0.3 is 5.32 Å². The number of benzene rings is 1. The van der Waals surface area contributed by atoms with Gasteiger partial charge in [-0.25, -0.2) is 0 Å². The molecule has 0 saturated heterocycles. The van der Waals surface area contributed by atoms with E-state index in [1.54, 1.807) is 0 Å². The molecular formula is C19H21FeN+2. The molecule has 3 rings (SSSR count). The molecule has 2 aliphatic rings. The van der Waals surface area contributed by atoms with Crippen molar-refractivity contribution < 1.29 is 17.1 Å². The van der Waals surface area contributed by atoms with Gasteiger partial charge in [0.2, 0.25) is 0 Å². The van der Waals surface area contributed by atoms with Gasteiger partial charge in [-0.3, -0.25) is 0 Å². The van der Waals surface area contributed by atoms with Gasteiger partial charge in [-0.05, 0) is 76.2 Å². The van der Waals surface area contributed by atoms with Crippen LogP contribution in [0.1, 0.15) is 12.5 Å². The molecule has 0 heterocycles. The summed E-state index contributed by atoms with van der Waals surface area (Å²) in [6.45, 7) is 3.12. The molecule has 2 aliphatic carbocycles. The van der Waals surface area contributed by atoms with E-state index in [0.717, 1.165) is 6.54 Å². The monoisotopic (exact) mass is 319 g/mol. The Balaban J connectivity index is 0.000000313. The van der Waals surface area contributed by atoms with Crippen LogP contribution in [0.5, 0.6) is 0 Å². The van der Waals surface area contributed by atoms with Crippen LogP contribution in [0.3, 0.4) is 0 Å². The summed E-state index contributed by atoms with van der Waals surface area (Å²) in [4.78, 5) is 0. The van der Waals surface area contributed by atoms with Crippen LogP contribution in [-0.4, -0.2) is 6.04 Å². The maximum Gasteiger partial charge on any atom is 2.00 e. The molecule has 2 fully saturated rings. The minimum atomic E-state index is 0. The van der Waals surface area contributed by atoms with Crippen molar-refractivity contribution in [2.24, 2.45) is 0 Å². The summed E-state index contributed by atoms with van der Waals surface area (Å²) in [5.74, 6) is 1.35. The first kappa shape index (κ1) is 18.7. The third-order valence-corrected chi connectivity index (χ3v) is 3.20. The molecule has 0 unspecified atom stereocenters. The van der Waals surface area contributed by atoms with Gasteiger partial charge in [0, 0.05) is 12.6 Å². The molecule has 108 valence electrons. The van der Waals surface area contributed by atoms with Crippen LogP contribution in [0.4, 0.5) is 0 Å². The Hall–Kier alpha value is -0.301. The zero-order chi connectivity index (χ0) is 14.0. The number of hydrogen-bond donors (Lipinski definition) is 1. The van der Waals surface area contributed by atoms with Crippen molar-refractivity contribution in [2.45, 2.75) is 19.5 Å². The Labute approximate surface area is 141 Å². The molecule has 21 heavy (non-hydrogen) atoms. The molecular weight excluding hydrogens is 298 g/mol. The summed E-state index contributed by atoms with van der Waals surface area (Å²) in [6, 6.07) is 10.9. The summed E-state index contributed by atoms with van der Waals surface area (Å²) in [7, 11) is 0. The van der Waals surface area contributed by atoms with E-state index in [2.05, 4.69) is 62.2 Å². The first-order chi connectivity index (χ1) is 9.86. The number of hydrogen-bond acceptors (Lipinski definition) is 1. The fraction of sp³-hybridized carbons (Fsp3) is 0.158. The van der Waals surface area contributed by atoms with E-state index in [-0.39, 0.29) is 17.1 Å². The predicted octanol–water partition coefficient (Wildman–Crippen LogP) is 3.59. The zero-order valence-electron chi connectivity index (χ0n) is 12.2. The van der Waals surface area contributed by atoms with Crippen molar-refractivity contribution in [1.29, 1.82) is 0 Å². The van der Waals surface area contributed by atoms with Gasteiger partial charge in [0.15, 0.2) is 0 Å². The summed E-state index contributed by atoms with van der Waals surface area (Å²) in [5, 5.41) is 3.50. The molecule has 1 N–H and O–H groups in total. The minimum Gasteiger partial charge on any atom is -0.310 e. The molecule has 1 nitrogen and oxygen atoms in total. The first-order valence-electron chi connectivity index (χ1n) is 7.02. The molecule has 0 aromatic heterocycles. The molecule has 10 radical (unpaired) electrons. The fourth-order valence-electron chi connectivity index (χ4n) is 1.98. The second-order valence-corrected chi connectivity index (χ2v) is 4.77. The van der Waals surface area contributed by atoms with Crippen molar-refractivity contribution in [3.8, 4) is 0 Å². The van der Waals surface area contributed by atoms with Crippen molar-refractivity contribution in [1.82, 2.24) is 5.32 Å². The zero-order valence-corrected chi connectivity index (χ0v) is 13.3. The third-order valence-electron chi connectivity index (χ3n) is 3.20. The fourth-order valence-corrected chi connectivity index (χ4v) is 1.98. The number of nitrogens with one attached hydrogen (secondary N) is 1. The van der Waals surface area contributed by atoms with E-state index in [9.17, 15) is 0 Å². The standard InChI is InChI=1S/C14H16N.C5H5.Fe/c1-12(14-9-5-6-10-14)15-11-13-7-3-2-4-8-13;1-2-4-5-3-1;/h2-10,12,15H,11H2,1H3;1-5H;/q;;+2/t12-;;/m1../s1. The van der Waals surface area contributed by atoms with Gasteiger partial charge in [0.05, 0.1) is 0 Å². The Morgan fingerprint density at radius 2 is 1.33 bits per heavy atom. The Morgan fingerprint density at radius 1 is 0.810 bits per heavy atom. The van der Waals surface area contributed by atoms with Gasteiger partial charge in [0.1, 0.15) is 0 Å². The largest absolute Gasteiger partial charge is 2.00 e. The van der Waals surface area contributed by atoms with Gasteiger partial charge in [0.25, 0.3) is 0 Å². The molecule has 0 spiro atoms. The Morgan fingerprint density at radius 3 is 1.86 bits per heavy atom. The molecule has 0 amide bonds. The molecule has 2 heteroatoms. The van der Waals surface area contributed by atoms with Crippen LogP contribution in [-0.2, 0) is 23.6 Å². The van der Waals surface area contributed by atoms with Crippen LogP contribution >= 0.6 is 0 Å². The Kier molecular flexibility index (Phi) is 10.1. The van der Waals surface area contributed by atoms with E-state index in [1.165, 1.54) is 11.5 Å². The van der Waals surface area contributed by atoms with Gasteiger partial charge >= 0.3 is 17.1 Å². The first-order valence-corrected chi connectivity index (χ1v) is 7.02. The maximum atomic E-state index is 3.50. The average molecular weight is 319 g/mol. The minimum absolute atomic E-state index is 0. The van der Waals surface area contributed by atoms with Crippen LogP contribution in [0.25, 0.3) is 0 Å². The second-order valence-electron chi connectivity index (χ2n) is 4.77. The van der Waals surface area contributed by atoms with Crippen LogP contribution in [0.15, 0.2) is 30.3 Å². The summed E-state index contributed by atoms with van der Waals surface area (Å²) in [5.41, 5.74) is 1.33. The summed E-state index contributed by atoms with van der Waals surface area (Å²) < 4.78 is 0. The molecule has 1 aromatic rings. The molecule has 0 aliphatic heterocycles. The van der Waals surface area contributed by atoms with Crippen LogP contribution in [0.2, 0.25) is 0 Å². The van der Waals surface area contributed by atoms with Crippen LogP contribution in [0, 0.1) is 63.7 Å². The average Bonchev–Trinajstić information content (AvgIpc) is 3.20. The van der Waals surface area contributed by atoms with Crippen molar-refractivity contribution in [2.75, 3.05) is 0 Å². The molecule has 0 bridgehead atoms. The molecule has 1 aromatic carbocycles. The Bertz CT molecular complexity index is 334. The van der Waals surface area contributed by atoms with Gasteiger partial charge in [-0.2, -0.15) is 0 Å². The van der Waals surface area contributed by atoms with E-state index in [1.807, 2.05) is 38.2 Å².